The third-order valence-electron chi connectivity index (χ3n) is 3.12. The zero-order valence-corrected chi connectivity index (χ0v) is 14.0. The van der Waals surface area contributed by atoms with Crippen LogP contribution in [0.5, 0.6) is 0 Å². The van der Waals surface area contributed by atoms with Crippen molar-refractivity contribution in [3.8, 4) is 11.4 Å². The molecule has 0 saturated carbocycles. The minimum Gasteiger partial charge on any atom is -0.368 e. The predicted octanol–water partition coefficient (Wildman–Crippen LogP) is 1.22. The molecule has 25 heavy (non-hydrogen) atoms. The van der Waals surface area contributed by atoms with Crippen molar-refractivity contribution in [2.75, 3.05) is 23.7 Å². The summed E-state index contributed by atoms with van der Waals surface area (Å²) < 4.78 is 0. The first-order chi connectivity index (χ1) is 12.0. The first-order valence-corrected chi connectivity index (χ1v) is 7.70. The van der Waals surface area contributed by atoms with Crippen molar-refractivity contribution < 1.29 is 14.4 Å². The molecule has 0 unspecified atom stereocenters. The molecule has 130 valence electrons. The van der Waals surface area contributed by atoms with Crippen molar-refractivity contribution in [1.82, 2.24) is 15.3 Å². The molecule has 0 saturated heterocycles. The molecule has 0 aliphatic rings. The summed E-state index contributed by atoms with van der Waals surface area (Å²) in [6.45, 7) is 3.49. The van der Waals surface area contributed by atoms with Crippen LogP contribution in [0.1, 0.15) is 13.8 Å². The van der Waals surface area contributed by atoms with Crippen molar-refractivity contribution >= 4 is 29.2 Å². The van der Waals surface area contributed by atoms with Gasteiger partial charge in [-0.05, 0) is 0 Å². The molecule has 0 fully saturated rings. The minimum atomic E-state index is -0.748. The maximum atomic E-state index is 11.6. The van der Waals surface area contributed by atoms with E-state index in [1.807, 2.05) is 30.3 Å². The molecule has 0 aliphatic carbocycles. The van der Waals surface area contributed by atoms with E-state index in [4.69, 9.17) is 0 Å². The highest BCUT2D eigenvalue weighted by molar-refractivity contribution is 6.39. The number of rotatable bonds is 7. The van der Waals surface area contributed by atoms with Crippen LogP contribution in [0, 0.1) is 0 Å². The normalized spacial score (nSPS) is 10.0. The molecule has 2 aromatic rings. The Hall–Kier alpha value is -3.29. The summed E-state index contributed by atoms with van der Waals surface area (Å²) in [5.74, 6) is -0.385. The quantitative estimate of drug-likeness (QED) is 0.515. The number of hydrogen-bond donors (Lipinski definition) is 3. The van der Waals surface area contributed by atoms with E-state index < -0.39 is 11.7 Å². The van der Waals surface area contributed by atoms with Gasteiger partial charge in [-0.3, -0.25) is 14.4 Å². The fourth-order valence-electron chi connectivity index (χ4n) is 1.95. The molecule has 8 heteroatoms. The SMILES string of the molecule is CC(=O)NCCNc1cc(NC(=O)C(C)=O)nc(-c2ccccc2)n1. The lowest BCUT2D eigenvalue weighted by atomic mass is 10.2. The van der Waals surface area contributed by atoms with Crippen molar-refractivity contribution in [2.24, 2.45) is 0 Å². The van der Waals surface area contributed by atoms with Crippen LogP contribution in [0.2, 0.25) is 0 Å². The molecular formula is C17H19N5O3. The van der Waals surface area contributed by atoms with Crippen LogP contribution in [0.3, 0.4) is 0 Å². The molecule has 1 aromatic carbocycles. The van der Waals surface area contributed by atoms with Crippen LogP contribution in [-0.2, 0) is 14.4 Å². The van der Waals surface area contributed by atoms with Crippen LogP contribution in [0.4, 0.5) is 11.6 Å². The second kappa shape index (κ2) is 8.53. The maximum Gasteiger partial charge on any atom is 0.292 e. The first-order valence-electron chi connectivity index (χ1n) is 7.70. The molecule has 2 amide bonds. The minimum absolute atomic E-state index is 0.121. The Morgan fingerprint density at radius 2 is 1.64 bits per heavy atom. The summed E-state index contributed by atoms with van der Waals surface area (Å²) in [5, 5.41) is 8.17. The Morgan fingerprint density at radius 1 is 0.960 bits per heavy atom. The molecule has 1 aromatic heterocycles. The van der Waals surface area contributed by atoms with E-state index in [0.717, 1.165) is 5.56 Å². The number of hydrogen-bond acceptors (Lipinski definition) is 6. The smallest absolute Gasteiger partial charge is 0.292 e. The van der Waals surface area contributed by atoms with Crippen LogP contribution in [0.15, 0.2) is 36.4 Å². The van der Waals surface area contributed by atoms with Crippen LogP contribution < -0.4 is 16.0 Å². The fourth-order valence-corrected chi connectivity index (χ4v) is 1.95. The summed E-state index contributed by atoms with van der Waals surface area (Å²) >= 11 is 0. The first kappa shape index (κ1) is 18.1. The predicted molar refractivity (Wildman–Crippen MR) is 94.0 cm³/mol. The van der Waals surface area contributed by atoms with Gasteiger partial charge in [0.1, 0.15) is 11.6 Å². The Labute approximate surface area is 145 Å². The van der Waals surface area contributed by atoms with Gasteiger partial charge in [0.15, 0.2) is 5.82 Å². The number of nitrogens with one attached hydrogen (secondary N) is 3. The number of carbonyl (C=O) groups is 3. The highest BCUT2D eigenvalue weighted by Gasteiger charge is 2.12. The maximum absolute atomic E-state index is 11.6. The molecule has 0 bridgehead atoms. The zero-order chi connectivity index (χ0) is 18.2. The van der Waals surface area contributed by atoms with Crippen molar-refractivity contribution in [2.45, 2.75) is 13.8 Å². The van der Waals surface area contributed by atoms with Gasteiger partial charge in [0.05, 0.1) is 0 Å². The number of amides is 2. The van der Waals surface area contributed by atoms with Gasteiger partial charge >= 0.3 is 0 Å². The van der Waals surface area contributed by atoms with E-state index >= 15 is 0 Å². The number of aromatic nitrogens is 2. The molecule has 0 radical (unpaired) electrons. The zero-order valence-electron chi connectivity index (χ0n) is 14.0. The number of benzene rings is 1. The van der Waals surface area contributed by atoms with Gasteiger partial charge < -0.3 is 16.0 Å². The van der Waals surface area contributed by atoms with E-state index in [1.54, 1.807) is 0 Å². The highest BCUT2D eigenvalue weighted by atomic mass is 16.2. The number of Topliss-reactive ketones (excluding diaryl/α,β-unsaturated/α-hetero) is 1. The lowest BCUT2D eigenvalue weighted by molar-refractivity contribution is -0.133. The monoisotopic (exact) mass is 341 g/mol. The van der Waals surface area contributed by atoms with Gasteiger partial charge in [0.2, 0.25) is 11.7 Å². The Balaban J connectivity index is 2.23. The number of nitrogens with zero attached hydrogens (tertiary/aromatic N) is 2. The molecule has 8 nitrogen and oxygen atoms in total. The third kappa shape index (κ3) is 5.69. The summed E-state index contributed by atoms with van der Waals surface area (Å²) in [6, 6.07) is 10.8. The molecule has 1 heterocycles. The van der Waals surface area contributed by atoms with Crippen molar-refractivity contribution in [1.29, 1.82) is 0 Å². The Morgan fingerprint density at radius 3 is 2.28 bits per heavy atom. The standard InChI is InChI=1S/C17H19N5O3/c1-11(23)17(25)22-15-10-14(19-9-8-18-12(2)24)20-16(21-15)13-6-4-3-5-7-13/h3-7,10H,8-9H2,1-2H3,(H,18,24)(H2,19,20,21,22,25). The van der Waals surface area contributed by atoms with Crippen LogP contribution in [0.25, 0.3) is 11.4 Å². The lowest BCUT2D eigenvalue weighted by Crippen LogP contribution is -2.26. The second-order valence-electron chi connectivity index (χ2n) is 5.25. The van der Waals surface area contributed by atoms with E-state index in [9.17, 15) is 14.4 Å². The largest absolute Gasteiger partial charge is 0.368 e. The average Bonchev–Trinajstić information content (AvgIpc) is 2.59. The molecule has 0 aliphatic heterocycles. The molecule has 3 N–H and O–H groups in total. The van der Waals surface area contributed by atoms with E-state index in [0.29, 0.717) is 24.7 Å². The van der Waals surface area contributed by atoms with E-state index in [2.05, 4.69) is 25.9 Å². The van der Waals surface area contributed by atoms with Gasteiger partial charge in [0.25, 0.3) is 5.91 Å². The summed E-state index contributed by atoms with van der Waals surface area (Å²) in [7, 11) is 0. The summed E-state index contributed by atoms with van der Waals surface area (Å²) in [5.41, 5.74) is 0.770. The second-order valence-corrected chi connectivity index (χ2v) is 5.25. The van der Waals surface area contributed by atoms with Gasteiger partial charge in [-0.15, -0.1) is 0 Å². The van der Waals surface area contributed by atoms with Crippen molar-refractivity contribution in [3.05, 3.63) is 36.4 Å². The summed E-state index contributed by atoms with van der Waals surface area (Å²) in [6.07, 6.45) is 0. The lowest BCUT2D eigenvalue weighted by Gasteiger charge is -2.11. The van der Waals surface area contributed by atoms with Gasteiger partial charge in [-0.25, -0.2) is 9.97 Å². The molecule has 2 rings (SSSR count). The molecular weight excluding hydrogens is 322 g/mol. The molecule has 0 spiro atoms. The third-order valence-corrected chi connectivity index (χ3v) is 3.12. The average molecular weight is 341 g/mol. The van der Waals surface area contributed by atoms with Gasteiger partial charge in [-0.2, -0.15) is 0 Å². The van der Waals surface area contributed by atoms with Gasteiger partial charge in [-0.1, -0.05) is 30.3 Å². The Bertz CT molecular complexity index is 777. The Kier molecular flexibility index (Phi) is 6.16. The van der Waals surface area contributed by atoms with E-state index in [-0.39, 0.29) is 11.7 Å². The highest BCUT2D eigenvalue weighted by Crippen LogP contribution is 2.20. The van der Waals surface area contributed by atoms with Crippen LogP contribution in [-0.4, -0.2) is 40.7 Å². The topological polar surface area (TPSA) is 113 Å². The number of ketones is 1. The van der Waals surface area contributed by atoms with Crippen LogP contribution >= 0.6 is 0 Å². The fraction of sp³-hybridized carbons (Fsp3) is 0.235. The number of anilines is 2. The van der Waals surface area contributed by atoms with E-state index in [1.165, 1.54) is 19.9 Å². The summed E-state index contributed by atoms with van der Waals surface area (Å²) in [4.78, 5) is 42.3. The van der Waals surface area contributed by atoms with Crippen molar-refractivity contribution in [3.63, 3.8) is 0 Å². The van der Waals surface area contributed by atoms with Gasteiger partial charge in [0, 0.05) is 38.6 Å². The number of carbonyl (C=O) groups excluding carboxylic acids is 3. The molecule has 0 atom stereocenters.